The van der Waals surface area contributed by atoms with Crippen molar-refractivity contribution in [2.45, 2.75) is 71.1 Å². The number of fused-ring (bicyclic) bond motifs is 1. The van der Waals surface area contributed by atoms with Crippen molar-refractivity contribution in [1.82, 2.24) is 10.6 Å². The van der Waals surface area contributed by atoms with Gasteiger partial charge >= 0.3 is 0 Å². The summed E-state index contributed by atoms with van der Waals surface area (Å²) in [5.74, 6) is 1.66. The first-order valence-corrected chi connectivity index (χ1v) is 13.5. The zero-order chi connectivity index (χ0) is 25.3. The van der Waals surface area contributed by atoms with Crippen molar-refractivity contribution in [2.24, 2.45) is 5.92 Å². The number of ether oxygens (including phenoxy) is 1. The molecule has 190 valence electrons. The molecular weight excluding hydrogens is 442 g/mol. The molecule has 36 heavy (non-hydrogen) atoms. The van der Waals surface area contributed by atoms with Crippen molar-refractivity contribution in [1.29, 1.82) is 0 Å². The average molecular weight is 484 g/mol. The first-order chi connectivity index (χ1) is 17.4. The standard InChI is InChI=1S/C32H41N3O/c1-21-22(2)31-27(23(3)29(21)33)19-32(4,36-31)20-28(24-15-17-34-18-16-24)35-30(25-11-7-5-8-12-25)26-13-9-6-10-14-26/h5-14,24,28,30,34-35H,15-20,33H2,1-4H3. The van der Waals surface area contributed by atoms with Crippen LogP contribution in [0.5, 0.6) is 5.75 Å². The van der Waals surface area contributed by atoms with E-state index in [0.717, 1.165) is 42.9 Å². The quantitative estimate of drug-likeness (QED) is 0.359. The molecule has 5 rings (SSSR count). The highest BCUT2D eigenvalue weighted by atomic mass is 16.5. The lowest BCUT2D eigenvalue weighted by molar-refractivity contribution is 0.0739. The van der Waals surface area contributed by atoms with Gasteiger partial charge in [-0.25, -0.2) is 0 Å². The fraction of sp³-hybridized carbons (Fsp3) is 0.438. The molecule has 4 N–H and O–H groups in total. The number of anilines is 1. The molecule has 3 aromatic carbocycles. The van der Waals surface area contributed by atoms with E-state index in [1.807, 2.05) is 0 Å². The van der Waals surface area contributed by atoms with Crippen LogP contribution in [0, 0.1) is 26.7 Å². The van der Waals surface area contributed by atoms with Crippen molar-refractivity contribution >= 4 is 5.69 Å². The molecule has 0 radical (unpaired) electrons. The van der Waals surface area contributed by atoms with E-state index in [1.165, 1.54) is 40.7 Å². The molecule has 0 spiro atoms. The van der Waals surface area contributed by atoms with Gasteiger partial charge < -0.3 is 21.1 Å². The minimum atomic E-state index is -0.265. The van der Waals surface area contributed by atoms with Crippen molar-refractivity contribution in [3.05, 3.63) is 94.0 Å². The predicted octanol–water partition coefficient (Wildman–Crippen LogP) is 6.03. The summed E-state index contributed by atoms with van der Waals surface area (Å²) < 4.78 is 6.85. The number of nitrogens with two attached hydrogens (primary N) is 1. The van der Waals surface area contributed by atoms with Crippen molar-refractivity contribution in [3.63, 3.8) is 0 Å². The van der Waals surface area contributed by atoms with Crippen LogP contribution in [0.4, 0.5) is 5.69 Å². The van der Waals surface area contributed by atoms with Crippen LogP contribution in [0.3, 0.4) is 0 Å². The van der Waals surface area contributed by atoms with E-state index in [2.05, 4.69) is 99.0 Å². The number of nitrogens with one attached hydrogen (secondary N) is 2. The fourth-order valence-electron chi connectivity index (χ4n) is 6.30. The van der Waals surface area contributed by atoms with Gasteiger partial charge in [0.2, 0.25) is 0 Å². The van der Waals surface area contributed by atoms with Gasteiger partial charge in [-0.2, -0.15) is 0 Å². The van der Waals surface area contributed by atoms with E-state index in [-0.39, 0.29) is 11.6 Å². The molecule has 0 saturated carbocycles. The van der Waals surface area contributed by atoms with Crippen molar-refractivity contribution in [2.75, 3.05) is 18.8 Å². The number of hydrogen-bond donors (Lipinski definition) is 3. The van der Waals surface area contributed by atoms with Crippen LogP contribution < -0.4 is 21.1 Å². The van der Waals surface area contributed by atoms with Gasteiger partial charge in [0.05, 0.1) is 6.04 Å². The molecule has 2 unspecified atom stereocenters. The summed E-state index contributed by atoms with van der Waals surface area (Å²) in [6.45, 7) is 10.9. The topological polar surface area (TPSA) is 59.3 Å². The Kier molecular flexibility index (Phi) is 7.09. The molecule has 1 fully saturated rings. The van der Waals surface area contributed by atoms with Gasteiger partial charge in [0, 0.05) is 30.1 Å². The molecule has 1 saturated heterocycles. The third-order valence-corrected chi connectivity index (χ3v) is 8.59. The van der Waals surface area contributed by atoms with Gasteiger partial charge in [0.25, 0.3) is 0 Å². The Hall–Kier alpha value is -2.82. The van der Waals surface area contributed by atoms with E-state index >= 15 is 0 Å². The largest absolute Gasteiger partial charge is 0.487 e. The Morgan fingerprint density at radius 1 is 0.917 bits per heavy atom. The molecule has 2 aliphatic rings. The van der Waals surface area contributed by atoms with E-state index < -0.39 is 0 Å². The molecule has 0 aliphatic carbocycles. The molecule has 0 amide bonds. The number of nitrogen functional groups attached to an aromatic ring is 1. The monoisotopic (exact) mass is 483 g/mol. The number of benzene rings is 3. The summed E-state index contributed by atoms with van der Waals surface area (Å²) in [7, 11) is 0. The van der Waals surface area contributed by atoms with Crippen LogP contribution in [0.1, 0.15) is 65.6 Å². The second kappa shape index (κ2) is 10.3. The van der Waals surface area contributed by atoms with Crippen LogP contribution in [-0.4, -0.2) is 24.7 Å². The van der Waals surface area contributed by atoms with E-state index in [4.69, 9.17) is 10.5 Å². The molecule has 2 atom stereocenters. The van der Waals surface area contributed by atoms with Gasteiger partial charge in [-0.05, 0) is 87.4 Å². The highest BCUT2D eigenvalue weighted by Crippen LogP contribution is 2.46. The van der Waals surface area contributed by atoms with Gasteiger partial charge in [-0.15, -0.1) is 0 Å². The summed E-state index contributed by atoms with van der Waals surface area (Å²) in [4.78, 5) is 0. The number of rotatable bonds is 7. The van der Waals surface area contributed by atoms with Crippen LogP contribution in [0.25, 0.3) is 0 Å². The minimum Gasteiger partial charge on any atom is -0.487 e. The van der Waals surface area contributed by atoms with Gasteiger partial charge in [-0.1, -0.05) is 60.7 Å². The van der Waals surface area contributed by atoms with Gasteiger partial charge in [-0.3, -0.25) is 0 Å². The van der Waals surface area contributed by atoms with Crippen molar-refractivity contribution in [3.8, 4) is 5.75 Å². The first kappa shape index (κ1) is 24.9. The number of hydrogen-bond acceptors (Lipinski definition) is 4. The molecule has 2 heterocycles. The molecule has 2 aliphatic heterocycles. The lowest BCUT2D eigenvalue weighted by Crippen LogP contribution is -2.48. The van der Waals surface area contributed by atoms with Crippen LogP contribution in [-0.2, 0) is 6.42 Å². The van der Waals surface area contributed by atoms with Crippen LogP contribution in [0.2, 0.25) is 0 Å². The Bertz CT molecular complexity index is 1110. The van der Waals surface area contributed by atoms with E-state index in [0.29, 0.717) is 12.0 Å². The Morgan fingerprint density at radius 2 is 1.50 bits per heavy atom. The van der Waals surface area contributed by atoms with Crippen LogP contribution >= 0.6 is 0 Å². The lowest BCUT2D eigenvalue weighted by Gasteiger charge is -2.39. The van der Waals surface area contributed by atoms with Crippen molar-refractivity contribution < 1.29 is 4.74 Å². The third kappa shape index (κ3) is 4.89. The maximum absolute atomic E-state index is 6.85. The third-order valence-electron chi connectivity index (χ3n) is 8.59. The molecule has 4 heteroatoms. The molecular formula is C32H41N3O. The van der Waals surface area contributed by atoms with Crippen LogP contribution in [0.15, 0.2) is 60.7 Å². The molecule has 3 aromatic rings. The Labute approximate surface area is 216 Å². The second-order valence-electron chi connectivity index (χ2n) is 11.1. The summed E-state index contributed by atoms with van der Waals surface area (Å²) in [5.41, 5.74) is 14.6. The summed E-state index contributed by atoms with van der Waals surface area (Å²) in [6.07, 6.45) is 4.23. The maximum atomic E-state index is 6.85. The average Bonchev–Trinajstić information content (AvgIpc) is 3.27. The van der Waals surface area contributed by atoms with Gasteiger partial charge in [0.1, 0.15) is 11.4 Å². The Balaban J connectivity index is 1.47. The lowest BCUT2D eigenvalue weighted by atomic mass is 9.80. The van der Waals surface area contributed by atoms with E-state index in [9.17, 15) is 0 Å². The fourth-order valence-corrected chi connectivity index (χ4v) is 6.30. The maximum Gasteiger partial charge on any atom is 0.127 e. The smallest absolute Gasteiger partial charge is 0.127 e. The highest BCUT2D eigenvalue weighted by molar-refractivity contribution is 5.66. The second-order valence-corrected chi connectivity index (χ2v) is 11.1. The zero-order valence-corrected chi connectivity index (χ0v) is 22.2. The normalized spacial score (nSPS) is 20.8. The molecule has 4 nitrogen and oxygen atoms in total. The first-order valence-electron chi connectivity index (χ1n) is 13.5. The number of piperidine rings is 1. The van der Waals surface area contributed by atoms with Gasteiger partial charge in [0.15, 0.2) is 0 Å². The van der Waals surface area contributed by atoms with E-state index in [1.54, 1.807) is 0 Å². The summed E-state index contributed by atoms with van der Waals surface area (Å²) in [6, 6.07) is 22.2. The predicted molar refractivity (Wildman–Crippen MR) is 150 cm³/mol. The summed E-state index contributed by atoms with van der Waals surface area (Å²) >= 11 is 0. The molecule has 0 aromatic heterocycles. The Morgan fingerprint density at radius 3 is 2.08 bits per heavy atom. The minimum absolute atomic E-state index is 0.140. The zero-order valence-electron chi connectivity index (χ0n) is 22.2. The molecule has 0 bridgehead atoms. The summed E-state index contributed by atoms with van der Waals surface area (Å²) in [5, 5.41) is 7.71. The SMILES string of the molecule is Cc1c(C)c2c(c(C)c1N)CC(C)(CC(NC(c1ccccc1)c1ccccc1)C1CCNCC1)O2. The highest BCUT2D eigenvalue weighted by Gasteiger charge is 2.42.